The fraction of sp³-hybridized carbons (Fsp3) is 0.185. The molecule has 1 atom stereocenters. The average molecular weight is 512 g/mol. The smallest absolute Gasteiger partial charge is 0.295 e. The monoisotopic (exact) mass is 511 g/mol. The zero-order valence-corrected chi connectivity index (χ0v) is 20.6. The summed E-state index contributed by atoms with van der Waals surface area (Å²) in [5.74, 6) is -0.894. The van der Waals surface area contributed by atoms with Crippen molar-refractivity contribution in [1.82, 2.24) is 4.90 Å². The lowest BCUT2D eigenvalue weighted by atomic mass is 9.95. The zero-order chi connectivity index (χ0) is 25.1. The predicted molar refractivity (Wildman–Crippen MR) is 135 cm³/mol. The fourth-order valence-electron chi connectivity index (χ4n) is 4.13. The number of halogens is 2. The summed E-state index contributed by atoms with van der Waals surface area (Å²) < 4.78 is 10.7. The molecular weight excluding hydrogens is 489 g/mol. The Morgan fingerprint density at radius 1 is 1.00 bits per heavy atom. The summed E-state index contributed by atoms with van der Waals surface area (Å²) in [5.41, 5.74) is 1.67. The van der Waals surface area contributed by atoms with Crippen molar-refractivity contribution in [1.29, 1.82) is 0 Å². The number of ketones is 1. The van der Waals surface area contributed by atoms with Gasteiger partial charge in [-0.25, -0.2) is 0 Å². The first-order chi connectivity index (χ1) is 16.8. The summed E-state index contributed by atoms with van der Waals surface area (Å²) >= 11 is 12.5. The SMILES string of the molecule is CCOc1ccc(CN2C(=O)C(=O)/C(=C(/O)c3cc(Cl)c(OC)c(Cl)c3)C2c2ccccc2)cc1. The molecule has 1 saturated heterocycles. The molecule has 0 radical (unpaired) electrons. The second-order valence-electron chi connectivity index (χ2n) is 7.89. The van der Waals surface area contributed by atoms with Gasteiger partial charge in [0.25, 0.3) is 11.7 Å². The number of amides is 1. The summed E-state index contributed by atoms with van der Waals surface area (Å²) in [7, 11) is 1.43. The lowest BCUT2D eigenvalue weighted by Gasteiger charge is -2.25. The van der Waals surface area contributed by atoms with E-state index in [1.807, 2.05) is 61.5 Å². The minimum atomic E-state index is -0.803. The first-order valence-electron chi connectivity index (χ1n) is 10.9. The second kappa shape index (κ2) is 10.4. The largest absolute Gasteiger partial charge is 0.507 e. The number of nitrogens with zero attached hydrogens (tertiary/aromatic N) is 1. The van der Waals surface area contributed by atoms with Crippen molar-refractivity contribution in [2.24, 2.45) is 0 Å². The van der Waals surface area contributed by atoms with Crippen LogP contribution in [-0.2, 0) is 16.1 Å². The molecule has 4 rings (SSSR count). The van der Waals surface area contributed by atoms with E-state index in [2.05, 4.69) is 0 Å². The number of likely N-dealkylation sites (tertiary alicyclic amines) is 1. The van der Waals surface area contributed by atoms with E-state index in [9.17, 15) is 14.7 Å². The maximum Gasteiger partial charge on any atom is 0.295 e. The Morgan fingerprint density at radius 3 is 2.20 bits per heavy atom. The van der Waals surface area contributed by atoms with Gasteiger partial charge in [0, 0.05) is 12.1 Å². The number of carbonyl (C=O) groups is 2. The van der Waals surface area contributed by atoms with E-state index in [1.54, 1.807) is 0 Å². The molecule has 3 aromatic carbocycles. The number of methoxy groups -OCH3 is 1. The number of aliphatic hydroxyl groups excluding tert-OH is 1. The molecule has 1 amide bonds. The minimum Gasteiger partial charge on any atom is -0.507 e. The molecule has 0 saturated carbocycles. The van der Waals surface area contributed by atoms with Crippen LogP contribution in [0, 0.1) is 0 Å². The number of rotatable bonds is 7. The topological polar surface area (TPSA) is 76.1 Å². The Bertz CT molecular complexity index is 1270. The Labute approximate surface area is 213 Å². The highest BCUT2D eigenvalue weighted by molar-refractivity contribution is 6.46. The van der Waals surface area contributed by atoms with Gasteiger partial charge in [-0.2, -0.15) is 0 Å². The number of hydrogen-bond acceptors (Lipinski definition) is 5. The first kappa shape index (κ1) is 24.6. The lowest BCUT2D eigenvalue weighted by Crippen LogP contribution is -2.29. The minimum absolute atomic E-state index is 0.0376. The van der Waals surface area contributed by atoms with E-state index in [-0.39, 0.29) is 39.2 Å². The average Bonchev–Trinajstić information content (AvgIpc) is 3.10. The number of aliphatic hydroxyl groups is 1. The van der Waals surface area contributed by atoms with E-state index in [0.29, 0.717) is 17.9 Å². The maximum atomic E-state index is 13.2. The van der Waals surface area contributed by atoms with Crippen LogP contribution in [0.1, 0.15) is 29.7 Å². The molecule has 0 aromatic heterocycles. The van der Waals surface area contributed by atoms with Gasteiger partial charge in [-0.1, -0.05) is 65.7 Å². The van der Waals surface area contributed by atoms with Crippen LogP contribution in [0.4, 0.5) is 0 Å². The van der Waals surface area contributed by atoms with Gasteiger partial charge in [0.05, 0.1) is 35.4 Å². The van der Waals surface area contributed by atoms with Crippen molar-refractivity contribution >= 4 is 40.7 Å². The zero-order valence-electron chi connectivity index (χ0n) is 19.1. The van der Waals surface area contributed by atoms with Crippen molar-refractivity contribution in [3.8, 4) is 11.5 Å². The Balaban J connectivity index is 1.81. The van der Waals surface area contributed by atoms with Crippen molar-refractivity contribution in [3.63, 3.8) is 0 Å². The van der Waals surface area contributed by atoms with Gasteiger partial charge >= 0.3 is 0 Å². The third-order valence-electron chi connectivity index (χ3n) is 5.72. The number of benzene rings is 3. The van der Waals surface area contributed by atoms with Crippen LogP contribution >= 0.6 is 23.2 Å². The van der Waals surface area contributed by atoms with Gasteiger partial charge in [-0.15, -0.1) is 0 Å². The van der Waals surface area contributed by atoms with Crippen LogP contribution in [-0.4, -0.2) is 35.4 Å². The van der Waals surface area contributed by atoms with Gasteiger partial charge < -0.3 is 19.5 Å². The quantitative estimate of drug-likeness (QED) is 0.238. The summed E-state index contributed by atoms with van der Waals surface area (Å²) in [5, 5.41) is 11.6. The molecule has 1 N–H and O–H groups in total. The van der Waals surface area contributed by atoms with Gasteiger partial charge in [-0.05, 0) is 42.3 Å². The molecule has 0 bridgehead atoms. The van der Waals surface area contributed by atoms with Gasteiger partial charge in [-0.3, -0.25) is 9.59 Å². The van der Waals surface area contributed by atoms with Gasteiger partial charge in [0.1, 0.15) is 11.5 Å². The highest BCUT2D eigenvalue weighted by Crippen LogP contribution is 2.42. The van der Waals surface area contributed by atoms with Crippen molar-refractivity contribution in [3.05, 3.63) is 99.0 Å². The normalized spacial score (nSPS) is 17.0. The molecule has 1 aliphatic rings. The van der Waals surface area contributed by atoms with Gasteiger partial charge in [0.2, 0.25) is 0 Å². The third kappa shape index (κ3) is 4.85. The fourth-order valence-corrected chi connectivity index (χ4v) is 4.77. The molecule has 0 spiro atoms. The molecule has 0 aliphatic carbocycles. The molecule has 180 valence electrons. The standard InChI is InChI=1S/C27H23Cl2NO5/c1-3-35-19-11-9-16(10-12-19)15-30-23(17-7-5-4-6-8-17)22(25(32)27(30)33)24(31)18-13-20(28)26(34-2)21(29)14-18/h4-14,23,31H,3,15H2,1-2H3/b24-22+. The molecule has 35 heavy (non-hydrogen) atoms. The molecule has 1 unspecified atom stereocenters. The van der Waals surface area contributed by atoms with Crippen LogP contribution in [0.3, 0.4) is 0 Å². The van der Waals surface area contributed by atoms with Crippen LogP contribution in [0.15, 0.2) is 72.3 Å². The van der Waals surface area contributed by atoms with Crippen molar-refractivity contribution in [2.75, 3.05) is 13.7 Å². The maximum absolute atomic E-state index is 13.2. The van der Waals surface area contributed by atoms with E-state index in [0.717, 1.165) is 5.56 Å². The third-order valence-corrected chi connectivity index (χ3v) is 6.28. The first-order valence-corrected chi connectivity index (χ1v) is 11.7. The van der Waals surface area contributed by atoms with Crippen LogP contribution < -0.4 is 9.47 Å². The van der Waals surface area contributed by atoms with Crippen molar-refractivity contribution in [2.45, 2.75) is 19.5 Å². The number of Topliss-reactive ketones (excluding diaryl/α,β-unsaturated/α-hetero) is 1. The summed E-state index contributed by atoms with van der Waals surface area (Å²) in [6.45, 7) is 2.61. The van der Waals surface area contributed by atoms with E-state index in [4.69, 9.17) is 32.7 Å². The van der Waals surface area contributed by atoms with Crippen molar-refractivity contribution < 1.29 is 24.2 Å². The number of ether oxygens (including phenoxy) is 2. The second-order valence-corrected chi connectivity index (χ2v) is 8.70. The molecular formula is C27H23Cl2NO5. The molecule has 1 aliphatic heterocycles. The molecule has 6 nitrogen and oxygen atoms in total. The molecule has 1 fully saturated rings. The van der Waals surface area contributed by atoms with Crippen LogP contribution in [0.5, 0.6) is 11.5 Å². The molecule has 3 aromatic rings. The summed E-state index contributed by atoms with van der Waals surface area (Å²) in [6, 6.07) is 18.5. The Hall–Kier alpha value is -3.48. The predicted octanol–water partition coefficient (Wildman–Crippen LogP) is 6.02. The van der Waals surface area contributed by atoms with E-state index < -0.39 is 17.7 Å². The van der Waals surface area contributed by atoms with Crippen LogP contribution in [0.2, 0.25) is 10.0 Å². The van der Waals surface area contributed by atoms with E-state index in [1.165, 1.54) is 24.1 Å². The highest BCUT2D eigenvalue weighted by atomic mass is 35.5. The lowest BCUT2D eigenvalue weighted by molar-refractivity contribution is -0.140. The number of carbonyl (C=O) groups excluding carboxylic acids is 2. The van der Waals surface area contributed by atoms with Gasteiger partial charge in [0.15, 0.2) is 5.75 Å². The molecule has 1 heterocycles. The summed E-state index contributed by atoms with van der Waals surface area (Å²) in [4.78, 5) is 27.8. The van der Waals surface area contributed by atoms with Crippen LogP contribution in [0.25, 0.3) is 5.76 Å². The Morgan fingerprint density at radius 2 is 1.63 bits per heavy atom. The molecule has 8 heteroatoms. The Kier molecular flexibility index (Phi) is 7.34. The highest BCUT2D eigenvalue weighted by Gasteiger charge is 2.46. The van der Waals surface area contributed by atoms with E-state index >= 15 is 0 Å². The summed E-state index contributed by atoms with van der Waals surface area (Å²) in [6.07, 6.45) is 0. The number of hydrogen-bond donors (Lipinski definition) is 1.